The lowest BCUT2D eigenvalue weighted by molar-refractivity contribution is 0.355. The van der Waals surface area contributed by atoms with Crippen molar-refractivity contribution in [3.05, 3.63) is 12.1 Å². The molecule has 5 heteroatoms. The number of aromatic nitrogens is 2. The molecule has 0 aliphatic rings. The first-order valence-electron chi connectivity index (χ1n) is 5.53. The molecule has 1 aromatic carbocycles. The smallest absolute Gasteiger partial charge is 0.203 e. The average Bonchev–Trinajstić information content (AvgIpc) is 2.65. The Morgan fingerprint density at radius 1 is 1.24 bits per heavy atom. The van der Waals surface area contributed by atoms with E-state index in [1.54, 1.807) is 14.2 Å². The highest BCUT2D eigenvalue weighted by Crippen LogP contribution is 2.32. The van der Waals surface area contributed by atoms with Gasteiger partial charge in [-0.05, 0) is 6.92 Å². The fourth-order valence-electron chi connectivity index (χ4n) is 1.84. The van der Waals surface area contributed by atoms with E-state index in [4.69, 9.17) is 9.47 Å². The molecule has 92 valence electrons. The first-order chi connectivity index (χ1) is 8.21. The molecule has 0 aliphatic heterocycles. The number of hydrogen-bond donors (Lipinski definition) is 1. The maximum Gasteiger partial charge on any atom is 0.203 e. The van der Waals surface area contributed by atoms with E-state index in [9.17, 15) is 0 Å². The SMILES string of the molecule is CCNc1nc2cc(OC)c(OC)cc2n1C. The second-order valence-electron chi connectivity index (χ2n) is 3.72. The summed E-state index contributed by atoms with van der Waals surface area (Å²) in [5, 5.41) is 3.21. The van der Waals surface area contributed by atoms with Gasteiger partial charge in [0.1, 0.15) is 0 Å². The van der Waals surface area contributed by atoms with Crippen LogP contribution in [0.4, 0.5) is 5.95 Å². The number of nitrogens with zero attached hydrogens (tertiary/aromatic N) is 2. The molecule has 5 nitrogen and oxygen atoms in total. The number of anilines is 1. The van der Waals surface area contributed by atoms with Crippen molar-refractivity contribution in [2.45, 2.75) is 6.92 Å². The largest absolute Gasteiger partial charge is 0.493 e. The summed E-state index contributed by atoms with van der Waals surface area (Å²) in [6, 6.07) is 3.82. The summed E-state index contributed by atoms with van der Waals surface area (Å²) in [5.41, 5.74) is 1.90. The number of hydrogen-bond acceptors (Lipinski definition) is 4. The van der Waals surface area contributed by atoms with Gasteiger partial charge >= 0.3 is 0 Å². The molecule has 1 aromatic heterocycles. The third kappa shape index (κ3) is 1.88. The summed E-state index contributed by atoms with van der Waals surface area (Å²) in [6.07, 6.45) is 0. The maximum atomic E-state index is 5.28. The van der Waals surface area contributed by atoms with Gasteiger partial charge in [-0.3, -0.25) is 0 Å². The molecule has 0 unspecified atom stereocenters. The normalized spacial score (nSPS) is 10.6. The van der Waals surface area contributed by atoms with Gasteiger partial charge in [0.25, 0.3) is 0 Å². The van der Waals surface area contributed by atoms with Crippen LogP contribution >= 0.6 is 0 Å². The van der Waals surface area contributed by atoms with E-state index in [1.807, 2.05) is 30.7 Å². The second-order valence-corrected chi connectivity index (χ2v) is 3.72. The molecular formula is C12H17N3O2. The Labute approximate surface area is 100 Å². The number of ether oxygens (including phenoxy) is 2. The Bertz CT molecular complexity index is 534. The van der Waals surface area contributed by atoms with Gasteiger partial charge in [0, 0.05) is 25.7 Å². The topological polar surface area (TPSA) is 48.3 Å². The van der Waals surface area contributed by atoms with Crippen LogP contribution in [-0.2, 0) is 7.05 Å². The summed E-state index contributed by atoms with van der Waals surface area (Å²) in [7, 11) is 5.22. The Morgan fingerprint density at radius 2 is 1.88 bits per heavy atom. The molecule has 0 aliphatic carbocycles. The third-order valence-corrected chi connectivity index (χ3v) is 2.72. The Hall–Kier alpha value is -1.91. The first kappa shape index (κ1) is 11.6. The van der Waals surface area contributed by atoms with Crippen LogP contribution in [0.15, 0.2) is 12.1 Å². The third-order valence-electron chi connectivity index (χ3n) is 2.72. The number of fused-ring (bicyclic) bond motifs is 1. The van der Waals surface area contributed by atoms with E-state index in [-0.39, 0.29) is 0 Å². The van der Waals surface area contributed by atoms with Crippen molar-refractivity contribution in [3.8, 4) is 11.5 Å². The van der Waals surface area contributed by atoms with Crippen molar-refractivity contribution < 1.29 is 9.47 Å². The van der Waals surface area contributed by atoms with Gasteiger partial charge in [-0.15, -0.1) is 0 Å². The van der Waals surface area contributed by atoms with Crippen LogP contribution in [0.5, 0.6) is 11.5 Å². The average molecular weight is 235 g/mol. The molecule has 0 bridgehead atoms. The van der Waals surface area contributed by atoms with E-state index in [2.05, 4.69) is 10.3 Å². The fourth-order valence-corrected chi connectivity index (χ4v) is 1.84. The minimum atomic E-state index is 0.696. The lowest BCUT2D eigenvalue weighted by Crippen LogP contribution is -2.03. The molecule has 2 rings (SSSR count). The van der Waals surface area contributed by atoms with Crippen LogP contribution in [0.1, 0.15) is 6.92 Å². The molecule has 0 amide bonds. The van der Waals surface area contributed by atoms with Gasteiger partial charge in [0.05, 0.1) is 25.3 Å². The predicted molar refractivity (Wildman–Crippen MR) is 68.0 cm³/mol. The van der Waals surface area contributed by atoms with Crippen LogP contribution in [-0.4, -0.2) is 30.3 Å². The van der Waals surface area contributed by atoms with Crippen LogP contribution < -0.4 is 14.8 Å². The first-order valence-corrected chi connectivity index (χ1v) is 5.53. The van der Waals surface area contributed by atoms with Gasteiger partial charge in [-0.1, -0.05) is 0 Å². The zero-order chi connectivity index (χ0) is 12.4. The van der Waals surface area contributed by atoms with Crippen molar-refractivity contribution >= 4 is 17.0 Å². The zero-order valence-corrected chi connectivity index (χ0v) is 10.6. The molecular weight excluding hydrogens is 218 g/mol. The van der Waals surface area contributed by atoms with E-state index >= 15 is 0 Å². The van der Waals surface area contributed by atoms with Crippen LogP contribution in [0.25, 0.3) is 11.0 Å². The van der Waals surface area contributed by atoms with E-state index in [0.717, 1.165) is 23.5 Å². The number of rotatable bonds is 4. The highest BCUT2D eigenvalue weighted by atomic mass is 16.5. The molecule has 0 spiro atoms. The number of benzene rings is 1. The van der Waals surface area contributed by atoms with Crippen molar-refractivity contribution in [2.75, 3.05) is 26.1 Å². The molecule has 0 fully saturated rings. The van der Waals surface area contributed by atoms with Crippen molar-refractivity contribution in [1.29, 1.82) is 0 Å². The Morgan fingerprint density at radius 3 is 2.47 bits per heavy atom. The van der Waals surface area contributed by atoms with Gasteiger partial charge in [0.2, 0.25) is 5.95 Å². The van der Waals surface area contributed by atoms with Crippen LogP contribution in [0.3, 0.4) is 0 Å². The van der Waals surface area contributed by atoms with E-state index in [1.165, 1.54) is 0 Å². The number of nitrogens with one attached hydrogen (secondary N) is 1. The number of methoxy groups -OCH3 is 2. The highest BCUT2D eigenvalue weighted by molar-refractivity contribution is 5.82. The summed E-state index contributed by atoms with van der Waals surface area (Å²) in [4.78, 5) is 4.50. The molecule has 17 heavy (non-hydrogen) atoms. The molecule has 1 heterocycles. The number of imidazole rings is 1. The number of aryl methyl sites for hydroxylation is 1. The van der Waals surface area contributed by atoms with Crippen LogP contribution in [0, 0.1) is 0 Å². The van der Waals surface area contributed by atoms with Crippen molar-refractivity contribution in [2.24, 2.45) is 7.05 Å². The second kappa shape index (κ2) is 4.53. The van der Waals surface area contributed by atoms with Crippen LogP contribution in [0.2, 0.25) is 0 Å². The highest BCUT2D eigenvalue weighted by Gasteiger charge is 2.12. The summed E-state index contributed by atoms with van der Waals surface area (Å²) in [5.74, 6) is 2.25. The van der Waals surface area contributed by atoms with Gasteiger partial charge < -0.3 is 19.4 Å². The molecule has 2 aromatic rings. The molecule has 0 atom stereocenters. The summed E-state index contributed by atoms with van der Waals surface area (Å²) in [6.45, 7) is 2.88. The lowest BCUT2D eigenvalue weighted by Gasteiger charge is -2.07. The van der Waals surface area contributed by atoms with Gasteiger partial charge in [-0.2, -0.15) is 0 Å². The van der Waals surface area contributed by atoms with Crippen molar-refractivity contribution in [3.63, 3.8) is 0 Å². The molecule has 0 saturated heterocycles. The summed E-state index contributed by atoms with van der Waals surface area (Å²) >= 11 is 0. The van der Waals surface area contributed by atoms with Gasteiger partial charge in [-0.25, -0.2) is 4.98 Å². The van der Waals surface area contributed by atoms with E-state index in [0.29, 0.717) is 11.5 Å². The molecule has 0 saturated carbocycles. The minimum absolute atomic E-state index is 0.696. The maximum absolute atomic E-state index is 5.28. The fraction of sp³-hybridized carbons (Fsp3) is 0.417. The van der Waals surface area contributed by atoms with Crippen molar-refractivity contribution in [1.82, 2.24) is 9.55 Å². The zero-order valence-electron chi connectivity index (χ0n) is 10.6. The Balaban J connectivity index is 2.62. The van der Waals surface area contributed by atoms with E-state index < -0.39 is 0 Å². The molecule has 0 radical (unpaired) electrons. The quantitative estimate of drug-likeness (QED) is 0.880. The van der Waals surface area contributed by atoms with Gasteiger partial charge in [0.15, 0.2) is 11.5 Å². The molecule has 1 N–H and O–H groups in total. The predicted octanol–water partition coefficient (Wildman–Crippen LogP) is 2.02. The lowest BCUT2D eigenvalue weighted by atomic mass is 10.2. The minimum Gasteiger partial charge on any atom is -0.493 e. The standard InChI is InChI=1S/C12H17N3O2/c1-5-13-12-14-8-6-10(16-3)11(17-4)7-9(8)15(12)2/h6-7H,5H2,1-4H3,(H,13,14). The monoisotopic (exact) mass is 235 g/mol. The Kier molecular flexibility index (Phi) is 3.08. The summed E-state index contributed by atoms with van der Waals surface area (Å²) < 4.78 is 12.5.